The van der Waals surface area contributed by atoms with Crippen LogP contribution in [-0.2, 0) is 9.53 Å². The Labute approximate surface area is 177 Å². The highest BCUT2D eigenvalue weighted by molar-refractivity contribution is 5.85. The quantitative estimate of drug-likeness (QED) is 0.776. The lowest BCUT2D eigenvalue weighted by Gasteiger charge is -2.37. The second-order valence-corrected chi connectivity index (χ2v) is 6.64. The lowest BCUT2D eigenvalue weighted by Crippen LogP contribution is -2.56. The molecule has 1 N–H and O–H groups in total. The number of likely N-dealkylation sites (tertiary alicyclic amines) is 1. The molecule has 3 rings (SSSR count). The van der Waals surface area contributed by atoms with Crippen LogP contribution in [0.3, 0.4) is 0 Å². The largest absolute Gasteiger partial charge is 0.490 e. The number of rotatable bonds is 4. The van der Waals surface area contributed by atoms with Crippen molar-refractivity contribution >= 4 is 36.8 Å². The number of pyridine rings is 1. The summed E-state index contributed by atoms with van der Waals surface area (Å²) in [7, 11) is 0. The molecule has 1 aromatic heterocycles. The molecule has 0 aromatic carbocycles. The molecule has 2 saturated heterocycles. The van der Waals surface area contributed by atoms with Crippen molar-refractivity contribution in [2.75, 3.05) is 39.3 Å². The molecule has 0 bridgehead atoms. The van der Waals surface area contributed by atoms with Gasteiger partial charge in [-0.25, -0.2) is 4.79 Å². The smallest absolute Gasteiger partial charge is 0.410 e. The van der Waals surface area contributed by atoms with Gasteiger partial charge in [0, 0.05) is 58.7 Å². The minimum atomic E-state index is -0.299. The summed E-state index contributed by atoms with van der Waals surface area (Å²) in [5.74, 6) is 0.757. The Kier molecular flexibility index (Phi) is 10.3. The van der Waals surface area contributed by atoms with Crippen LogP contribution < -0.4 is 10.1 Å². The van der Waals surface area contributed by atoms with Crippen LogP contribution >= 0.6 is 24.8 Å². The van der Waals surface area contributed by atoms with Gasteiger partial charge in [-0.05, 0) is 12.1 Å². The van der Waals surface area contributed by atoms with Gasteiger partial charge in [-0.1, -0.05) is 0 Å². The van der Waals surface area contributed by atoms with Crippen molar-refractivity contribution in [3.8, 4) is 5.75 Å². The van der Waals surface area contributed by atoms with Crippen LogP contribution in [0.1, 0.15) is 19.8 Å². The van der Waals surface area contributed by atoms with Gasteiger partial charge in [0.05, 0.1) is 12.2 Å². The molecule has 0 radical (unpaired) electrons. The second kappa shape index (κ2) is 11.9. The van der Waals surface area contributed by atoms with E-state index >= 15 is 0 Å². The van der Waals surface area contributed by atoms with Crippen LogP contribution in [-0.4, -0.2) is 78.3 Å². The number of piperidine rings is 1. The van der Waals surface area contributed by atoms with Crippen LogP contribution in [0.4, 0.5) is 4.79 Å². The Hall–Kier alpha value is -1.77. The number of hydrogen-bond donors (Lipinski definition) is 1. The van der Waals surface area contributed by atoms with Crippen LogP contribution in [0.5, 0.6) is 5.75 Å². The minimum Gasteiger partial charge on any atom is -0.490 e. The topological polar surface area (TPSA) is 84.0 Å². The van der Waals surface area contributed by atoms with E-state index in [-0.39, 0.29) is 49.0 Å². The zero-order chi connectivity index (χ0) is 18.4. The summed E-state index contributed by atoms with van der Waals surface area (Å²) in [5, 5.41) is 3.29. The van der Waals surface area contributed by atoms with Gasteiger partial charge >= 0.3 is 6.09 Å². The van der Waals surface area contributed by atoms with E-state index < -0.39 is 0 Å². The summed E-state index contributed by atoms with van der Waals surface area (Å²) in [6.45, 7) is 5.23. The number of amides is 2. The van der Waals surface area contributed by atoms with E-state index in [1.165, 1.54) is 0 Å². The number of piperazine rings is 1. The Balaban J connectivity index is 0.00000196. The molecule has 3 heterocycles. The van der Waals surface area contributed by atoms with Crippen molar-refractivity contribution < 1.29 is 19.1 Å². The standard InChI is InChI=1S/C18H26N4O4.2ClH/c1-14(23)21-8-4-16(5-9-21)26-18(24)22-10-7-20-11-15(22)13-25-17-3-2-6-19-12-17;;/h2-3,6,12,15-16,20H,4-5,7-11,13H2,1H3;2*1H. The van der Waals surface area contributed by atoms with Crippen molar-refractivity contribution in [3.05, 3.63) is 24.5 Å². The maximum absolute atomic E-state index is 12.6. The lowest BCUT2D eigenvalue weighted by molar-refractivity contribution is -0.130. The number of halogens is 2. The molecule has 1 aromatic rings. The van der Waals surface area contributed by atoms with Crippen LogP contribution in [0, 0.1) is 0 Å². The van der Waals surface area contributed by atoms with E-state index in [0.717, 1.165) is 6.54 Å². The van der Waals surface area contributed by atoms with Gasteiger partial charge in [-0.15, -0.1) is 24.8 Å². The third kappa shape index (κ3) is 6.68. The Morgan fingerprint density at radius 3 is 2.64 bits per heavy atom. The molecule has 8 nitrogen and oxygen atoms in total. The van der Waals surface area contributed by atoms with Gasteiger partial charge in [0.1, 0.15) is 18.5 Å². The molecule has 0 aliphatic carbocycles. The molecule has 0 saturated carbocycles. The molecular formula is C18H28Cl2N4O4. The fourth-order valence-electron chi connectivity index (χ4n) is 3.27. The first kappa shape index (κ1) is 24.3. The second-order valence-electron chi connectivity index (χ2n) is 6.64. The fourth-order valence-corrected chi connectivity index (χ4v) is 3.27. The van der Waals surface area contributed by atoms with Crippen LogP contribution in [0.2, 0.25) is 0 Å². The van der Waals surface area contributed by atoms with Crippen molar-refractivity contribution in [2.45, 2.75) is 31.9 Å². The summed E-state index contributed by atoms with van der Waals surface area (Å²) in [6, 6.07) is 3.57. The van der Waals surface area contributed by atoms with Gasteiger partial charge in [0.2, 0.25) is 5.91 Å². The summed E-state index contributed by atoms with van der Waals surface area (Å²) in [6.07, 6.45) is 4.29. The lowest BCUT2D eigenvalue weighted by atomic mass is 10.1. The van der Waals surface area contributed by atoms with Gasteiger partial charge in [0.25, 0.3) is 0 Å². The number of nitrogens with zero attached hydrogens (tertiary/aromatic N) is 3. The van der Waals surface area contributed by atoms with Gasteiger partial charge < -0.3 is 19.7 Å². The minimum absolute atomic E-state index is 0. The van der Waals surface area contributed by atoms with Gasteiger partial charge in [-0.2, -0.15) is 0 Å². The number of aromatic nitrogens is 1. The molecule has 1 unspecified atom stereocenters. The molecule has 0 spiro atoms. The van der Waals surface area contributed by atoms with Crippen molar-refractivity contribution in [1.82, 2.24) is 20.1 Å². The first-order valence-electron chi connectivity index (χ1n) is 9.10. The van der Waals surface area contributed by atoms with Crippen molar-refractivity contribution in [3.63, 3.8) is 0 Å². The first-order valence-corrected chi connectivity index (χ1v) is 9.10. The maximum atomic E-state index is 12.6. The highest BCUT2D eigenvalue weighted by atomic mass is 35.5. The summed E-state index contributed by atoms with van der Waals surface area (Å²) in [5.41, 5.74) is 0. The molecule has 10 heteroatoms. The predicted molar refractivity (Wildman–Crippen MR) is 109 cm³/mol. The average Bonchev–Trinajstić information content (AvgIpc) is 2.68. The number of ether oxygens (including phenoxy) is 2. The zero-order valence-corrected chi connectivity index (χ0v) is 17.5. The third-order valence-corrected chi connectivity index (χ3v) is 4.82. The molecule has 2 aliphatic heterocycles. The third-order valence-electron chi connectivity index (χ3n) is 4.82. The number of carbonyl (C=O) groups is 2. The van der Waals surface area contributed by atoms with Crippen molar-refractivity contribution in [2.24, 2.45) is 0 Å². The number of carbonyl (C=O) groups excluding carboxylic acids is 2. The summed E-state index contributed by atoms with van der Waals surface area (Å²) < 4.78 is 11.5. The van der Waals surface area contributed by atoms with Crippen LogP contribution in [0.25, 0.3) is 0 Å². The molecule has 28 heavy (non-hydrogen) atoms. The SMILES string of the molecule is CC(=O)N1CCC(OC(=O)N2CCNCC2COc2cccnc2)CC1.Cl.Cl. The molecule has 2 aliphatic rings. The van der Waals surface area contributed by atoms with E-state index in [2.05, 4.69) is 10.3 Å². The monoisotopic (exact) mass is 434 g/mol. The predicted octanol–water partition coefficient (Wildman–Crippen LogP) is 1.73. The van der Waals surface area contributed by atoms with Crippen molar-refractivity contribution in [1.29, 1.82) is 0 Å². The average molecular weight is 435 g/mol. The van der Waals surface area contributed by atoms with Crippen LogP contribution in [0.15, 0.2) is 24.5 Å². The maximum Gasteiger partial charge on any atom is 0.410 e. The molecule has 2 amide bonds. The summed E-state index contributed by atoms with van der Waals surface area (Å²) >= 11 is 0. The normalized spacial score (nSPS) is 19.8. The van der Waals surface area contributed by atoms with Gasteiger partial charge in [-0.3, -0.25) is 14.7 Å². The Morgan fingerprint density at radius 2 is 2.00 bits per heavy atom. The molecule has 2 fully saturated rings. The van der Waals surface area contributed by atoms with Gasteiger partial charge in [0.15, 0.2) is 0 Å². The highest BCUT2D eigenvalue weighted by Gasteiger charge is 2.31. The van der Waals surface area contributed by atoms with E-state index in [4.69, 9.17) is 9.47 Å². The Morgan fingerprint density at radius 1 is 1.25 bits per heavy atom. The van der Waals surface area contributed by atoms with E-state index in [0.29, 0.717) is 51.4 Å². The highest BCUT2D eigenvalue weighted by Crippen LogP contribution is 2.17. The number of hydrogen-bond acceptors (Lipinski definition) is 6. The molecule has 1 atom stereocenters. The van der Waals surface area contributed by atoms with E-state index in [9.17, 15) is 9.59 Å². The summed E-state index contributed by atoms with van der Waals surface area (Å²) in [4.78, 5) is 31.6. The van der Waals surface area contributed by atoms with E-state index in [1.807, 2.05) is 12.1 Å². The zero-order valence-electron chi connectivity index (χ0n) is 15.9. The number of nitrogens with one attached hydrogen (secondary N) is 1. The molecule has 158 valence electrons. The molecular weight excluding hydrogens is 407 g/mol. The first-order chi connectivity index (χ1) is 12.6. The Bertz CT molecular complexity index is 615. The van der Waals surface area contributed by atoms with E-state index in [1.54, 1.807) is 29.1 Å². The fraction of sp³-hybridized carbons (Fsp3) is 0.611.